The third-order valence-electron chi connectivity index (χ3n) is 2.71. The molecule has 0 aliphatic rings. The minimum atomic E-state index is -0.536. The zero-order valence-corrected chi connectivity index (χ0v) is 12.0. The fourth-order valence-electron chi connectivity index (χ4n) is 1.75. The van der Waals surface area contributed by atoms with Crippen LogP contribution in [0, 0.1) is 0 Å². The van der Waals surface area contributed by atoms with Gasteiger partial charge in [0.1, 0.15) is 5.75 Å². The molecule has 1 unspecified atom stereocenters. The zero-order valence-electron chi connectivity index (χ0n) is 12.0. The lowest BCUT2D eigenvalue weighted by Crippen LogP contribution is -2.35. The van der Waals surface area contributed by atoms with E-state index in [2.05, 4.69) is 10.6 Å². The maximum absolute atomic E-state index is 11.8. The second kappa shape index (κ2) is 7.49. The van der Waals surface area contributed by atoms with Gasteiger partial charge in [-0.15, -0.1) is 0 Å². The molecule has 1 atom stereocenters. The first-order valence-electron chi connectivity index (χ1n) is 6.50. The molecule has 1 rings (SSSR count). The molecule has 1 aromatic carbocycles. The Morgan fingerprint density at radius 3 is 2.60 bits per heavy atom. The molecule has 0 bridgehead atoms. The highest BCUT2D eigenvalue weighted by Gasteiger charge is 2.13. The van der Waals surface area contributed by atoms with Crippen LogP contribution in [0.5, 0.6) is 5.75 Å². The Bertz CT molecular complexity index is 489. The van der Waals surface area contributed by atoms with Gasteiger partial charge in [0, 0.05) is 12.6 Å². The van der Waals surface area contributed by atoms with Crippen molar-refractivity contribution in [2.75, 3.05) is 17.7 Å². The van der Waals surface area contributed by atoms with Crippen molar-refractivity contribution in [1.29, 1.82) is 0 Å². The summed E-state index contributed by atoms with van der Waals surface area (Å²) in [5, 5.41) is 5.37. The number of benzene rings is 1. The van der Waals surface area contributed by atoms with E-state index in [1.807, 2.05) is 6.92 Å². The Kier molecular flexibility index (Phi) is 5.99. The summed E-state index contributed by atoms with van der Waals surface area (Å²) < 4.78 is 5.14. The molecule has 110 valence electrons. The lowest BCUT2D eigenvalue weighted by atomic mass is 10.1. The maximum atomic E-state index is 11.8. The van der Waals surface area contributed by atoms with Crippen molar-refractivity contribution in [3.63, 3.8) is 0 Å². The summed E-state index contributed by atoms with van der Waals surface area (Å²) in [4.78, 5) is 23.0. The van der Waals surface area contributed by atoms with Gasteiger partial charge >= 0.3 is 0 Å². The van der Waals surface area contributed by atoms with Crippen molar-refractivity contribution in [2.24, 2.45) is 5.73 Å². The average molecular weight is 279 g/mol. The van der Waals surface area contributed by atoms with Gasteiger partial charge in [0.15, 0.2) is 0 Å². The Balaban J connectivity index is 2.86. The molecule has 2 amide bonds. The maximum Gasteiger partial charge on any atom is 0.241 e. The van der Waals surface area contributed by atoms with Gasteiger partial charge < -0.3 is 21.1 Å². The lowest BCUT2D eigenvalue weighted by Gasteiger charge is -2.14. The number of ether oxygens (including phenoxy) is 1. The lowest BCUT2D eigenvalue weighted by molar-refractivity contribution is -0.117. The summed E-state index contributed by atoms with van der Waals surface area (Å²) in [5.74, 6) is 0.0660. The largest absolute Gasteiger partial charge is 0.495 e. The highest BCUT2D eigenvalue weighted by Crippen LogP contribution is 2.27. The smallest absolute Gasteiger partial charge is 0.241 e. The van der Waals surface area contributed by atoms with Crippen LogP contribution in [0.2, 0.25) is 0 Å². The molecule has 0 heterocycles. The first-order chi connectivity index (χ1) is 9.47. The molecule has 0 spiro atoms. The van der Waals surface area contributed by atoms with E-state index in [1.54, 1.807) is 18.2 Å². The highest BCUT2D eigenvalue weighted by molar-refractivity contribution is 5.96. The van der Waals surface area contributed by atoms with Crippen molar-refractivity contribution < 1.29 is 14.3 Å². The SMILES string of the molecule is CCCC(N)C(=O)Nc1ccc(OC)c(NC(C)=O)c1. The molecule has 0 aliphatic heterocycles. The number of amides is 2. The summed E-state index contributed by atoms with van der Waals surface area (Å²) in [6.45, 7) is 3.37. The number of rotatable bonds is 6. The Morgan fingerprint density at radius 1 is 1.35 bits per heavy atom. The van der Waals surface area contributed by atoms with Gasteiger partial charge in [0.05, 0.1) is 18.8 Å². The quantitative estimate of drug-likeness (QED) is 0.739. The number of methoxy groups -OCH3 is 1. The average Bonchev–Trinajstić information content (AvgIpc) is 2.38. The van der Waals surface area contributed by atoms with Crippen molar-refractivity contribution in [3.8, 4) is 5.75 Å². The van der Waals surface area contributed by atoms with E-state index in [0.29, 0.717) is 23.5 Å². The van der Waals surface area contributed by atoms with E-state index >= 15 is 0 Å². The predicted octanol–water partition coefficient (Wildman–Crippen LogP) is 1.72. The van der Waals surface area contributed by atoms with E-state index in [9.17, 15) is 9.59 Å². The fraction of sp³-hybridized carbons (Fsp3) is 0.429. The van der Waals surface area contributed by atoms with Crippen molar-refractivity contribution in [1.82, 2.24) is 0 Å². The molecular formula is C14H21N3O3. The van der Waals surface area contributed by atoms with E-state index in [-0.39, 0.29) is 11.8 Å². The molecule has 0 aliphatic carbocycles. The molecular weight excluding hydrogens is 258 g/mol. The molecule has 0 radical (unpaired) electrons. The zero-order chi connectivity index (χ0) is 15.1. The summed E-state index contributed by atoms with van der Waals surface area (Å²) in [5.41, 5.74) is 6.81. The second-order valence-electron chi connectivity index (χ2n) is 4.48. The van der Waals surface area contributed by atoms with Crippen molar-refractivity contribution >= 4 is 23.2 Å². The standard InChI is InChI=1S/C14H21N3O3/c1-4-5-11(15)14(19)17-10-6-7-13(20-3)12(8-10)16-9(2)18/h6-8,11H,4-5,15H2,1-3H3,(H,16,18)(H,17,19). The van der Waals surface area contributed by atoms with Gasteiger partial charge in [-0.05, 0) is 24.6 Å². The van der Waals surface area contributed by atoms with Crippen LogP contribution >= 0.6 is 0 Å². The van der Waals surface area contributed by atoms with E-state index in [1.165, 1.54) is 14.0 Å². The van der Waals surface area contributed by atoms with Crippen LogP contribution in [0.25, 0.3) is 0 Å². The van der Waals surface area contributed by atoms with Crippen LogP contribution in [-0.4, -0.2) is 25.0 Å². The van der Waals surface area contributed by atoms with Gasteiger partial charge in [-0.25, -0.2) is 0 Å². The molecule has 1 aromatic rings. The normalized spacial score (nSPS) is 11.6. The van der Waals surface area contributed by atoms with E-state index in [4.69, 9.17) is 10.5 Å². The number of anilines is 2. The Labute approximate surface area is 118 Å². The fourth-order valence-corrected chi connectivity index (χ4v) is 1.75. The molecule has 6 nitrogen and oxygen atoms in total. The van der Waals surface area contributed by atoms with Gasteiger partial charge in [0.25, 0.3) is 0 Å². The van der Waals surface area contributed by atoms with Crippen LogP contribution in [0.15, 0.2) is 18.2 Å². The minimum Gasteiger partial charge on any atom is -0.495 e. The number of nitrogens with two attached hydrogens (primary N) is 1. The number of carbonyl (C=O) groups is 2. The molecule has 0 saturated carbocycles. The molecule has 6 heteroatoms. The topological polar surface area (TPSA) is 93.5 Å². The number of hydrogen-bond donors (Lipinski definition) is 3. The molecule has 0 saturated heterocycles. The van der Waals surface area contributed by atoms with Crippen LogP contribution in [0.1, 0.15) is 26.7 Å². The van der Waals surface area contributed by atoms with Crippen LogP contribution < -0.4 is 21.1 Å². The number of hydrogen-bond acceptors (Lipinski definition) is 4. The Hall–Kier alpha value is -2.08. The minimum absolute atomic E-state index is 0.213. The number of nitrogens with one attached hydrogen (secondary N) is 2. The van der Waals surface area contributed by atoms with Gasteiger partial charge in [-0.3, -0.25) is 9.59 Å². The summed E-state index contributed by atoms with van der Waals surface area (Å²) in [7, 11) is 1.51. The van der Waals surface area contributed by atoms with Gasteiger partial charge in [-0.1, -0.05) is 13.3 Å². The van der Waals surface area contributed by atoms with Gasteiger partial charge in [-0.2, -0.15) is 0 Å². The monoisotopic (exact) mass is 279 g/mol. The third-order valence-corrected chi connectivity index (χ3v) is 2.71. The first-order valence-corrected chi connectivity index (χ1v) is 6.50. The molecule has 0 fully saturated rings. The van der Waals surface area contributed by atoms with E-state index in [0.717, 1.165) is 6.42 Å². The summed E-state index contributed by atoms with van der Waals surface area (Å²) in [6.07, 6.45) is 1.47. The number of carbonyl (C=O) groups excluding carboxylic acids is 2. The molecule has 4 N–H and O–H groups in total. The van der Waals surface area contributed by atoms with Crippen LogP contribution in [0.4, 0.5) is 11.4 Å². The Morgan fingerprint density at radius 2 is 2.05 bits per heavy atom. The van der Waals surface area contributed by atoms with Crippen LogP contribution in [-0.2, 0) is 9.59 Å². The van der Waals surface area contributed by atoms with Crippen molar-refractivity contribution in [2.45, 2.75) is 32.7 Å². The first kappa shape index (κ1) is 16.0. The summed E-state index contributed by atoms with van der Waals surface area (Å²) in [6, 6.07) is 4.47. The van der Waals surface area contributed by atoms with E-state index < -0.39 is 6.04 Å². The molecule has 0 aromatic heterocycles. The molecule has 20 heavy (non-hydrogen) atoms. The second-order valence-corrected chi connectivity index (χ2v) is 4.48. The highest BCUT2D eigenvalue weighted by atomic mass is 16.5. The van der Waals surface area contributed by atoms with Crippen LogP contribution in [0.3, 0.4) is 0 Å². The summed E-state index contributed by atoms with van der Waals surface area (Å²) >= 11 is 0. The van der Waals surface area contributed by atoms with Gasteiger partial charge in [0.2, 0.25) is 11.8 Å². The van der Waals surface area contributed by atoms with Crippen molar-refractivity contribution in [3.05, 3.63) is 18.2 Å². The third kappa shape index (κ3) is 4.55. The predicted molar refractivity (Wildman–Crippen MR) is 78.8 cm³/mol.